The number of anilines is 2. The minimum Gasteiger partial charge on any atom is -0.399 e. The molecule has 2 heterocycles. The molecule has 1 aliphatic heterocycles. The first kappa shape index (κ1) is 15.3. The third-order valence-corrected chi connectivity index (χ3v) is 4.02. The van der Waals surface area contributed by atoms with Gasteiger partial charge in [0, 0.05) is 17.2 Å². The molecular weight excluding hydrogens is 286 g/mol. The number of nitrogen functional groups attached to an aromatic ring is 2. The van der Waals surface area contributed by atoms with Gasteiger partial charge in [-0.15, -0.1) is 0 Å². The monoisotopic (exact) mass is 307 g/mol. The zero-order valence-electron chi connectivity index (χ0n) is 13.3. The highest BCUT2D eigenvalue weighted by Crippen LogP contribution is 2.29. The molecule has 5 nitrogen and oxygen atoms in total. The van der Waals surface area contributed by atoms with Crippen LogP contribution in [0.5, 0.6) is 0 Å². The topological polar surface area (TPSA) is 89.8 Å². The fourth-order valence-electron chi connectivity index (χ4n) is 2.85. The molecule has 0 unspecified atom stereocenters. The lowest BCUT2D eigenvalue weighted by Gasteiger charge is -2.23. The Morgan fingerprint density at radius 2 is 1.91 bits per heavy atom. The van der Waals surface area contributed by atoms with Crippen molar-refractivity contribution in [1.82, 2.24) is 15.3 Å². The van der Waals surface area contributed by atoms with E-state index in [0.717, 1.165) is 37.2 Å². The first-order chi connectivity index (χ1) is 11.1. The van der Waals surface area contributed by atoms with E-state index in [4.69, 9.17) is 11.5 Å². The summed E-state index contributed by atoms with van der Waals surface area (Å²) in [6.07, 6.45) is 2.09. The maximum atomic E-state index is 6.30. The van der Waals surface area contributed by atoms with Crippen molar-refractivity contribution < 1.29 is 0 Å². The first-order valence-corrected chi connectivity index (χ1v) is 7.86. The van der Waals surface area contributed by atoms with E-state index >= 15 is 0 Å². The van der Waals surface area contributed by atoms with Gasteiger partial charge in [-0.05, 0) is 57.0 Å². The summed E-state index contributed by atoms with van der Waals surface area (Å²) in [5.74, 6) is 7.26. The highest BCUT2D eigenvalue weighted by atomic mass is 14.9. The second kappa shape index (κ2) is 6.67. The summed E-state index contributed by atoms with van der Waals surface area (Å²) in [6, 6.07) is 7.48. The van der Waals surface area contributed by atoms with Gasteiger partial charge >= 0.3 is 0 Å². The average molecular weight is 307 g/mol. The van der Waals surface area contributed by atoms with Crippen LogP contribution in [-0.2, 0) is 0 Å². The molecule has 0 aliphatic carbocycles. The Labute approximate surface area is 136 Å². The molecule has 0 radical (unpaired) electrons. The molecule has 1 aliphatic rings. The first-order valence-electron chi connectivity index (χ1n) is 7.86. The van der Waals surface area contributed by atoms with Crippen LogP contribution in [0.15, 0.2) is 24.3 Å². The van der Waals surface area contributed by atoms with Crippen molar-refractivity contribution in [2.24, 2.45) is 0 Å². The van der Waals surface area contributed by atoms with Crippen LogP contribution < -0.4 is 16.8 Å². The normalized spacial score (nSPS) is 15.0. The Bertz CT molecular complexity index is 767. The van der Waals surface area contributed by atoms with Gasteiger partial charge in [0.25, 0.3) is 0 Å². The third kappa shape index (κ3) is 3.61. The van der Waals surface area contributed by atoms with Crippen molar-refractivity contribution >= 4 is 11.4 Å². The van der Waals surface area contributed by atoms with Gasteiger partial charge in [0.1, 0.15) is 11.5 Å². The molecule has 0 saturated carbocycles. The number of benzene rings is 1. The summed E-state index contributed by atoms with van der Waals surface area (Å²) >= 11 is 0. The molecule has 1 saturated heterocycles. The second-order valence-corrected chi connectivity index (χ2v) is 5.82. The summed E-state index contributed by atoms with van der Waals surface area (Å²) in [5.41, 5.74) is 15.8. The van der Waals surface area contributed by atoms with Gasteiger partial charge < -0.3 is 16.8 Å². The van der Waals surface area contributed by atoms with E-state index in [9.17, 15) is 0 Å². The molecular formula is C18H21N5. The summed E-state index contributed by atoms with van der Waals surface area (Å²) in [4.78, 5) is 8.98. The van der Waals surface area contributed by atoms with Crippen molar-refractivity contribution in [2.75, 3.05) is 24.6 Å². The van der Waals surface area contributed by atoms with Gasteiger partial charge in [-0.25, -0.2) is 9.97 Å². The lowest BCUT2D eigenvalue weighted by molar-refractivity contribution is 0.453. The molecule has 118 valence electrons. The maximum Gasteiger partial charge on any atom is 0.140 e. The number of hydrogen-bond acceptors (Lipinski definition) is 5. The van der Waals surface area contributed by atoms with Crippen LogP contribution in [0, 0.1) is 18.8 Å². The molecule has 0 atom stereocenters. The molecule has 0 spiro atoms. The van der Waals surface area contributed by atoms with Crippen LogP contribution >= 0.6 is 0 Å². The van der Waals surface area contributed by atoms with Crippen molar-refractivity contribution in [3.63, 3.8) is 0 Å². The van der Waals surface area contributed by atoms with Crippen LogP contribution in [0.4, 0.5) is 11.4 Å². The number of nitrogens with one attached hydrogen (secondary N) is 1. The minimum atomic E-state index is 0.380. The number of nitrogens with two attached hydrogens (primary N) is 2. The standard InChI is InChI=1S/C18H21N5/c1-12-22-16(6-5-13-3-2-4-15(19)11-13)17(20)18(23-12)14-7-9-21-10-8-14/h2-4,11,14,21H,7-10,19-20H2,1H3. The van der Waals surface area contributed by atoms with Gasteiger partial charge in [0.15, 0.2) is 0 Å². The zero-order chi connectivity index (χ0) is 16.2. The maximum absolute atomic E-state index is 6.30. The van der Waals surface area contributed by atoms with Crippen LogP contribution in [0.2, 0.25) is 0 Å². The fourth-order valence-corrected chi connectivity index (χ4v) is 2.85. The van der Waals surface area contributed by atoms with E-state index in [2.05, 4.69) is 27.1 Å². The Hall–Kier alpha value is -2.58. The Morgan fingerprint density at radius 3 is 2.65 bits per heavy atom. The summed E-state index contributed by atoms with van der Waals surface area (Å²) < 4.78 is 0. The fraction of sp³-hybridized carbons (Fsp3) is 0.333. The SMILES string of the molecule is Cc1nc(C#Cc2cccc(N)c2)c(N)c(C2CCNCC2)n1. The third-order valence-electron chi connectivity index (χ3n) is 4.02. The van der Waals surface area contributed by atoms with Gasteiger partial charge in [-0.2, -0.15) is 0 Å². The van der Waals surface area contributed by atoms with Gasteiger partial charge in [-0.1, -0.05) is 12.0 Å². The average Bonchev–Trinajstić information content (AvgIpc) is 2.56. The van der Waals surface area contributed by atoms with E-state index in [1.807, 2.05) is 31.2 Å². The summed E-state index contributed by atoms with van der Waals surface area (Å²) in [7, 11) is 0. The Morgan fingerprint density at radius 1 is 1.13 bits per heavy atom. The molecule has 23 heavy (non-hydrogen) atoms. The van der Waals surface area contributed by atoms with Gasteiger partial charge in [0.05, 0.1) is 11.4 Å². The predicted molar refractivity (Wildman–Crippen MR) is 92.9 cm³/mol. The summed E-state index contributed by atoms with van der Waals surface area (Å²) in [5, 5.41) is 3.36. The number of hydrogen-bond donors (Lipinski definition) is 3. The number of nitrogens with zero attached hydrogens (tertiary/aromatic N) is 2. The van der Waals surface area contributed by atoms with Crippen LogP contribution in [0.3, 0.4) is 0 Å². The Balaban J connectivity index is 1.95. The van der Waals surface area contributed by atoms with E-state index in [1.165, 1.54) is 0 Å². The lowest BCUT2D eigenvalue weighted by Crippen LogP contribution is -2.28. The predicted octanol–water partition coefficient (Wildman–Crippen LogP) is 1.82. The van der Waals surface area contributed by atoms with Gasteiger partial charge in [0.2, 0.25) is 0 Å². The molecule has 3 rings (SSSR count). The molecule has 5 N–H and O–H groups in total. The number of rotatable bonds is 1. The molecule has 1 fully saturated rings. The zero-order valence-corrected chi connectivity index (χ0v) is 13.3. The molecule has 1 aromatic carbocycles. The highest BCUT2D eigenvalue weighted by molar-refractivity contribution is 5.58. The van der Waals surface area contributed by atoms with Crippen LogP contribution in [0.1, 0.15) is 41.5 Å². The van der Waals surface area contributed by atoms with Crippen LogP contribution in [-0.4, -0.2) is 23.1 Å². The molecule has 2 aromatic rings. The van der Waals surface area contributed by atoms with E-state index in [-0.39, 0.29) is 0 Å². The summed E-state index contributed by atoms with van der Waals surface area (Å²) in [6.45, 7) is 3.88. The van der Waals surface area contributed by atoms with Gasteiger partial charge in [-0.3, -0.25) is 0 Å². The van der Waals surface area contributed by atoms with E-state index in [0.29, 0.717) is 28.8 Å². The highest BCUT2D eigenvalue weighted by Gasteiger charge is 2.21. The van der Waals surface area contributed by atoms with Crippen molar-refractivity contribution in [3.05, 3.63) is 47.0 Å². The van der Waals surface area contributed by atoms with Crippen molar-refractivity contribution in [1.29, 1.82) is 0 Å². The minimum absolute atomic E-state index is 0.380. The molecule has 1 aromatic heterocycles. The second-order valence-electron chi connectivity index (χ2n) is 5.82. The number of aryl methyl sites for hydroxylation is 1. The molecule has 5 heteroatoms. The lowest BCUT2D eigenvalue weighted by atomic mass is 9.93. The largest absolute Gasteiger partial charge is 0.399 e. The number of piperidine rings is 1. The molecule has 0 amide bonds. The quantitative estimate of drug-likeness (QED) is 0.552. The smallest absolute Gasteiger partial charge is 0.140 e. The van der Waals surface area contributed by atoms with E-state index in [1.54, 1.807) is 0 Å². The van der Waals surface area contributed by atoms with Crippen molar-refractivity contribution in [2.45, 2.75) is 25.7 Å². The van der Waals surface area contributed by atoms with E-state index < -0.39 is 0 Å². The van der Waals surface area contributed by atoms with Crippen molar-refractivity contribution in [3.8, 4) is 11.8 Å². The molecule has 0 bridgehead atoms. The van der Waals surface area contributed by atoms with Crippen LogP contribution in [0.25, 0.3) is 0 Å². The number of aromatic nitrogens is 2. The Kier molecular flexibility index (Phi) is 4.45.